The molecule has 0 rings (SSSR count). The number of esters is 2. The van der Waals surface area contributed by atoms with Gasteiger partial charge >= 0.3 is 11.9 Å². The van der Waals surface area contributed by atoms with Gasteiger partial charge in [-0.15, -0.1) is 0 Å². The van der Waals surface area contributed by atoms with Crippen molar-refractivity contribution in [1.82, 2.24) is 0 Å². The van der Waals surface area contributed by atoms with Gasteiger partial charge in [-0.05, 0) is 12.8 Å². The minimum atomic E-state index is -0.751. The number of aliphatic hydroxyl groups is 1. The summed E-state index contributed by atoms with van der Waals surface area (Å²) in [5.74, 6) is -0.658. The van der Waals surface area contributed by atoms with Crippen LogP contribution >= 0.6 is 0 Å². The van der Waals surface area contributed by atoms with Crippen molar-refractivity contribution in [3.8, 4) is 0 Å². The van der Waals surface area contributed by atoms with E-state index in [-0.39, 0.29) is 25.2 Å². The summed E-state index contributed by atoms with van der Waals surface area (Å²) in [5, 5.41) is 9.11. The van der Waals surface area contributed by atoms with E-state index in [1.165, 1.54) is 0 Å². The van der Waals surface area contributed by atoms with Crippen LogP contribution in [0.5, 0.6) is 0 Å². The molecule has 0 fully saturated rings. The first-order chi connectivity index (χ1) is 9.63. The van der Waals surface area contributed by atoms with E-state index in [4.69, 9.17) is 14.6 Å². The first-order valence-corrected chi connectivity index (χ1v) is 7.59. The van der Waals surface area contributed by atoms with Crippen molar-refractivity contribution in [2.45, 2.75) is 71.3 Å². The summed E-state index contributed by atoms with van der Waals surface area (Å²) in [6.07, 6.45) is 5.67. The van der Waals surface area contributed by atoms with Gasteiger partial charge in [-0.1, -0.05) is 39.5 Å². The van der Waals surface area contributed by atoms with Gasteiger partial charge in [0.05, 0.1) is 6.61 Å². The number of rotatable bonds is 12. The van der Waals surface area contributed by atoms with Crippen LogP contribution in [-0.4, -0.2) is 36.4 Å². The van der Waals surface area contributed by atoms with Crippen LogP contribution in [0.25, 0.3) is 0 Å². The zero-order chi connectivity index (χ0) is 15.2. The van der Waals surface area contributed by atoms with E-state index in [1.54, 1.807) is 0 Å². The maximum Gasteiger partial charge on any atom is 0.306 e. The molecule has 1 unspecified atom stereocenters. The highest BCUT2D eigenvalue weighted by Gasteiger charge is 2.15. The quantitative estimate of drug-likeness (QED) is 0.441. The summed E-state index contributed by atoms with van der Waals surface area (Å²) in [5.41, 5.74) is 0. The predicted molar refractivity (Wildman–Crippen MR) is 76.2 cm³/mol. The molecule has 0 heterocycles. The molecule has 0 aliphatic carbocycles. The van der Waals surface area contributed by atoms with E-state index in [1.807, 2.05) is 6.92 Å². The van der Waals surface area contributed by atoms with Gasteiger partial charge in [0.15, 0.2) is 6.10 Å². The fourth-order valence-electron chi connectivity index (χ4n) is 1.64. The van der Waals surface area contributed by atoms with Crippen molar-refractivity contribution in [3.05, 3.63) is 0 Å². The Labute approximate surface area is 121 Å². The van der Waals surface area contributed by atoms with Crippen molar-refractivity contribution in [2.24, 2.45) is 0 Å². The number of hydrogen-bond acceptors (Lipinski definition) is 5. The molecule has 118 valence electrons. The molecule has 1 atom stereocenters. The fourth-order valence-corrected chi connectivity index (χ4v) is 1.64. The topological polar surface area (TPSA) is 72.8 Å². The Morgan fingerprint density at radius 1 is 0.950 bits per heavy atom. The van der Waals surface area contributed by atoms with Gasteiger partial charge in [0.2, 0.25) is 0 Å². The van der Waals surface area contributed by atoms with Crippen molar-refractivity contribution < 1.29 is 24.2 Å². The maximum atomic E-state index is 11.5. The highest BCUT2D eigenvalue weighted by Crippen LogP contribution is 2.06. The van der Waals surface area contributed by atoms with Gasteiger partial charge in [-0.2, -0.15) is 0 Å². The van der Waals surface area contributed by atoms with Gasteiger partial charge in [-0.25, -0.2) is 0 Å². The lowest BCUT2D eigenvalue weighted by atomic mass is 10.1. The lowest BCUT2D eigenvalue weighted by Crippen LogP contribution is -2.28. The highest BCUT2D eigenvalue weighted by molar-refractivity contribution is 5.70. The first-order valence-electron chi connectivity index (χ1n) is 7.59. The molecule has 0 aliphatic rings. The largest absolute Gasteiger partial charge is 0.462 e. The summed E-state index contributed by atoms with van der Waals surface area (Å²) in [4.78, 5) is 22.8. The van der Waals surface area contributed by atoms with Crippen LogP contribution in [0.2, 0.25) is 0 Å². The Kier molecular flexibility index (Phi) is 12.2. The van der Waals surface area contributed by atoms with Crippen LogP contribution in [0.15, 0.2) is 0 Å². The number of unbranched alkanes of at least 4 members (excludes halogenated alkanes) is 4. The summed E-state index contributed by atoms with van der Waals surface area (Å²) >= 11 is 0. The van der Waals surface area contributed by atoms with E-state index < -0.39 is 6.10 Å². The van der Waals surface area contributed by atoms with E-state index in [0.717, 1.165) is 38.5 Å². The van der Waals surface area contributed by atoms with Gasteiger partial charge < -0.3 is 14.6 Å². The van der Waals surface area contributed by atoms with Crippen molar-refractivity contribution in [2.75, 3.05) is 13.2 Å². The smallest absolute Gasteiger partial charge is 0.306 e. The summed E-state index contributed by atoms with van der Waals surface area (Å²) < 4.78 is 10.0. The van der Waals surface area contributed by atoms with Crippen LogP contribution in [0.1, 0.15) is 65.2 Å². The van der Waals surface area contributed by atoms with Crippen LogP contribution in [0.4, 0.5) is 0 Å². The summed E-state index contributed by atoms with van der Waals surface area (Å²) in [6.45, 7) is 3.69. The van der Waals surface area contributed by atoms with Crippen molar-refractivity contribution in [1.29, 1.82) is 0 Å². The maximum absolute atomic E-state index is 11.5. The molecular formula is C15H28O5. The van der Waals surface area contributed by atoms with Gasteiger partial charge in [0.25, 0.3) is 0 Å². The van der Waals surface area contributed by atoms with Crippen LogP contribution in [-0.2, 0) is 19.1 Å². The van der Waals surface area contributed by atoms with Crippen LogP contribution in [0, 0.1) is 0 Å². The van der Waals surface area contributed by atoms with Gasteiger partial charge in [0.1, 0.15) is 6.61 Å². The Balaban J connectivity index is 3.79. The second-order valence-electron chi connectivity index (χ2n) is 4.89. The second kappa shape index (κ2) is 12.9. The zero-order valence-electron chi connectivity index (χ0n) is 12.7. The van der Waals surface area contributed by atoms with Gasteiger partial charge in [-0.3, -0.25) is 9.59 Å². The molecule has 0 radical (unpaired) electrons. The van der Waals surface area contributed by atoms with Crippen LogP contribution < -0.4 is 0 Å². The average Bonchev–Trinajstić information content (AvgIpc) is 2.45. The molecule has 0 aromatic heterocycles. The molecule has 0 aliphatic heterocycles. The van der Waals surface area contributed by atoms with E-state index in [9.17, 15) is 9.59 Å². The Bertz CT molecular complexity index is 265. The molecular weight excluding hydrogens is 260 g/mol. The number of carbonyl (C=O) groups excluding carboxylic acids is 2. The third-order valence-electron chi connectivity index (χ3n) is 2.90. The average molecular weight is 288 g/mol. The fraction of sp³-hybridized carbons (Fsp3) is 0.867. The molecule has 0 bridgehead atoms. The molecule has 0 amide bonds. The first kappa shape index (κ1) is 18.9. The number of hydrogen-bond donors (Lipinski definition) is 1. The molecule has 5 heteroatoms. The Hall–Kier alpha value is -1.10. The number of ether oxygens (including phenoxy) is 2. The van der Waals surface area contributed by atoms with Gasteiger partial charge in [0, 0.05) is 12.8 Å². The SMILES string of the molecule is CCCCCCC(=O)OC(CO)COC(=O)CCCC. The van der Waals surface area contributed by atoms with Crippen LogP contribution in [0.3, 0.4) is 0 Å². The number of carbonyl (C=O) groups is 2. The minimum Gasteiger partial charge on any atom is -0.462 e. The molecule has 0 spiro atoms. The molecule has 0 aromatic rings. The van der Waals surface area contributed by atoms with Crippen molar-refractivity contribution in [3.63, 3.8) is 0 Å². The second-order valence-corrected chi connectivity index (χ2v) is 4.89. The Morgan fingerprint density at radius 3 is 2.20 bits per heavy atom. The summed E-state index contributed by atoms with van der Waals surface area (Å²) in [7, 11) is 0. The van der Waals surface area contributed by atoms with E-state index in [0.29, 0.717) is 12.8 Å². The monoisotopic (exact) mass is 288 g/mol. The third-order valence-corrected chi connectivity index (χ3v) is 2.90. The lowest BCUT2D eigenvalue weighted by Gasteiger charge is -2.15. The normalized spacial score (nSPS) is 11.9. The predicted octanol–water partition coefficient (Wildman–Crippen LogP) is 2.59. The minimum absolute atomic E-state index is 0.0697. The Morgan fingerprint density at radius 2 is 1.60 bits per heavy atom. The lowest BCUT2D eigenvalue weighted by molar-refractivity contribution is -0.161. The molecule has 0 aromatic carbocycles. The van der Waals surface area contributed by atoms with E-state index >= 15 is 0 Å². The van der Waals surface area contributed by atoms with E-state index in [2.05, 4.69) is 6.92 Å². The molecule has 5 nitrogen and oxygen atoms in total. The highest BCUT2D eigenvalue weighted by atomic mass is 16.6. The molecule has 0 saturated heterocycles. The molecule has 20 heavy (non-hydrogen) atoms. The molecule has 0 saturated carbocycles. The third kappa shape index (κ3) is 10.8. The number of aliphatic hydroxyl groups excluding tert-OH is 1. The zero-order valence-corrected chi connectivity index (χ0v) is 12.7. The van der Waals surface area contributed by atoms with Crippen molar-refractivity contribution >= 4 is 11.9 Å². The standard InChI is InChI=1S/C15H28O5/c1-3-5-7-8-10-15(18)20-13(11-16)12-19-14(17)9-6-4-2/h13,16H,3-12H2,1-2H3. The molecule has 1 N–H and O–H groups in total. The summed E-state index contributed by atoms with van der Waals surface area (Å²) in [6, 6.07) is 0.